The summed E-state index contributed by atoms with van der Waals surface area (Å²) < 4.78 is 0. The highest BCUT2D eigenvalue weighted by molar-refractivity contribution is 7.13. The van der Waals surface area contributed by atoms with Gasteiger partial charge >= 0.3 is 6.03 Å². The van der Waals surface area contributed by atoms with Crippen LogP contribution >= 0.6 is 11.3 Å². The molecule has 0 saturated carbocycles. The maximum atomic E-state index is 12.8. The van der Waals surface area contributed by atoms with E-state index in [1.807, 2.05) is 61.6 Å². The molecular weight excluding hydrogens is 438 g/mol. The summed E-state index contributed by atoms with van der Waals surface area (Å²) in [5, 5.41) is 11.3. The number of para-hydroxylation sites is 2. The topological polar surface area (TPSA) is 102 Å². The Balaban J connectivity index is 1.66. The average molecular weight is 468 g/mol. The predicted octanol–water partition coefficient (Wildman–Crippen LogP) is 3.82. The number of aromatic nitrogens is 2. The summed E-state index contributed by atoms with van der Waals surface area (Å²) in [6.07, 6.45) is 3.28. The Bertz CT molecular complexity index is 1040. The zero-order valence-electron chi connectivity index (χ0n) is 19.0. The molecule has 174 valence electrons. The number of anilines is 3. The summed E-state index contributed by atoms with van der Waals surface area (Å²) in [6, 6.07) is 10.8. The molecule has 0 unspecified atom stereocenters. The van der Waals surface area contributed by atoms with Gasteiger partial charge in [-0.15, -0.1) is 11.3 Å². The second kappa shape index (κ2) is 11.9. The molecule has 33 heavy (non-hydrogen) atoms. The predicted molar refractivity (Wildman–Crippen MR) is 133 cm³/mol. The minimum atomic E-state index is -0.294. The number of likely N-dealkylation sites (N-methyl/N-ethyl adjacent to an activating group) is 1. The van der Waals surface area contributed by atoms with Gasteiger partial charge in [-0.1, -0.05) is 18.2 Å². The zero-order chi connectivity index (χ0) is 23.6. The number of thiazole rings is 1. The summed E-state index contributed by atoms with van der Waals surface area (Å²) >= 11 is 1.37. The highest BCUT2D eigenvalue weighted by Gasteiger charge is 2.16. The second-order valence-electron chi connectivity index (χ2n) is 7.57. The fourth-order valence-corrected chi connectivity index (χ4v) is 3.54. The third kappa shape index (κ3) is 7.26. The first kappa shape index (κ1) is 24.1. The van der Waals surface area contributed by atoms with Crippen molar-refractivity contribution in [3.63, 3.8) is 0 Å². The van der Waals surface area contributed by atoms with E-state index in [0.29, 0.717) is 36.1 Å². The SMILES string of the molecule is CCNc1ccccc1NC(=O)c1ccc(CN(CCN(C)C)C(=O)Nc2nccs2)cn1. The van der Waals surface area contributed by atoms with Gasteiger partial charge in [0.05, 0.1) is 11.4 Å². The number of pyridine rings is 1. The molecule has 3 aromatic rings. The summed E-state index contributed by atoms with van der Waals surface area (Å²) in [5.41, 5.74) is 2.68. The van der Waals surface area contributed by atoms with Gasteiger partial charge in [0.2, 0.25) is 0 Å². The van der Waals surface area contributed by atoms with Crippen LogP contribution in [-0.4, -0.2) is 65.4 Å². The fourth-order valence-electron chi connectivity index (χ4n) is 3.02. The number of nitrogens with zero attached hydrogens (tertiary/aromatic N) is 4. The Morgan fingerprint density at radius 1 is 1.00 bits per heavy atom. The molecule has 0 fully saturated rings. The summed E-state index contributed by atoms with van der Waals surface area (Å²) in [4.78, 5) is 37.6. The molecule has 0 spiro atoms. The van der Waals surface area contributed by atoms with Crippen LogP contribution in [0.2, 0.25) is 0 Å². The highest BCUT2D eigenvalue weighted by atomic mass is 32.1. The lowest BCUT2D eigenvalue weighted by Crippen LogP contribution is -2.39. The molecule has 10 heteroatoms. The van der Waals surface area contributed by atoms with Crippen LogP contribution in [0.5, 0.6) is 0 Å². The molecule has 2 aromatic heterocycles. The standard InChI is InChI=1S/C23H29N7O2S/c1-4-24-18-7-5-6-8-19(18)27-21(31)20-10-9-17(15-26-20)16-30(13-12-29(2)3)23(32)28-22-25-11-14-33-22/h5-11,14-15,24H,4,12-13,16H2,1-3H3,(H,27,31)(H,25,28,32). The minimum absolute atomic E-state index is 0.228. The number of benzene rings is 1. The molecule has 0 bridgehead atoms. The van der Waals surface area contributed by atoms with Crippen LogP contribution in [0, 0.1) is 0 Å². The van der Waals surface area contributed by atoms with E-state index in [-0.39, 0.29) is 11.9 Å². The molecule has 0 radical (unpaired) electrons. The van der Waals surface area contributed by atoms with E-state index in [0.717, 1.165) is 17.8 Å². The number of hydrogen-bond acceptors (Lipinski definition) is 7. The van der Waals surface area contributed by atoms with Crippen LogP contribution in [0.15, 0.2) is 54.2 Å². The van der Waals surface area contributed by atoms with Crippen molar-refractivity contribution < 1.29 is 9.59 Å². The Labute approximate surface area is 197 Å². The third-order valence-corrected chi connectivity index (χ3v) is 5.41. The molecule has 0 aliphatic rings. The van der Waals surface area contributed by atoms with Crippen molar-refractivity contribution in [3.05, 3.63) is 65.4 Å². The summed E-state index contributed by atoms with van der Waals surface area (Å²) in [5.74, 6) is -0.294. The van der Waals surface area contributed by atoms with E-state index in [9.17, 15) is 9.59 Å². The molecule has 3 rings (SSSR count). The van der Waals surface area contributed by atoms with Gasteiger partial charge in [0.15, 0.2) is 5.13 Å². The maximum absolute atomic E-state index is 12.8. The molecule has 9 nitrogen and oxygen atoms in total. The van der Waals surface area contributed by atoms with Crippen molar-refractivity contribution in [2.45, 2.75) is 13.5 Å². The first-order valence-corrected chi connectivity index (χ1v) is 11.5. The van der Waals surface area contributed by atoms with E-state index < -0.39 is 0 Å². The molecule has 1 aromatic carbocycles. The van der Waals surface area contributed by atoms with Gasteiger partial charge in [-0.3, -0.25) is 15.1 Å². The lowest BCUT2D eigenvalue weighted by Gasteiger charge is -2.24. The Morgan fingerprint density at radius 3 is 2.42 bits per heavy atom. The van der Waals surface area contributed by atoms with Crippen LogP contribution in [0.25, 0.3) is 0 Å². The van der Waals surface area contributed by atoms with Crippen molar-refractivity contribution in [3.8, 4) is 0 Å². The number of carbonyl (C=O) groups excluding carboxylic acids is 2. The number of amides is 3. The Hall–Kier alpha value is -3.50. The monoisotopic (exact) mass is 467 g/mol. The molecule has 0 atom stereocenters. The number of nitrogens with one attached hydrogen (secondary N) is 3. The summed E-state index contributed by atoms with van der Waals surface area (Å²) in [7, 11) is 3.92. The smallest absolute Gasteiger partial charge is 0.323 e. The Morgan fingerprint density at radius 2 is 1.79 bits per heavy atom. The maximum Gasteiger partial charge on any atom is 0.323 e. The van der Waals surface area contributed by atoms with E-state index >= 15 is 0 Å². The number of urea groups is 1. The van der Waals surface area contributed by atoms with Crippen LogP contribution < -0.4 is 16.0 Å². The van der Waals surface area contributed by atoms with Crippen molar-refractivity contribution in [2.75, 3.05) is 49.7 Å². The van der Waals surface area contributed by atoms with E-state index in [1.54, 1.807) is 23.4 Å². The Kier molecular flexibility index (Phi) is 8.73. The quantitative estimate of drug-likeness (QED) is 0.419. The van der Waals surface area contributed by atoms with Gasteiger partial charge in [-0.25, -0.2) is 9.78 Å². The highest BCUT2D eigenvalue weighted by Crippen LogP contribution is 2.21. The molecule has 3 N–H and O–H groups in total. The van der Waals surface area contributed by atoms with Gasteiger partial charge in [-0.05, 0) is 44.8 Å². The molecule has 3 amide bonds. The zero-order valence-corrected chi connectivity index (χ0v) is 19.9. The van der Waals surface area contributed by atoms with Gasteiger partial charge in [0.1, 0.15) is 5.69 Å². The van der Waals surface area contributed by atoms with Crippen LogP contribution in [-0.2, 0) is 6.54 Å². The summed E-state index contributed by atoms with van der Waals surface area (Å²) in [6.45, 7) is 4.36. The van der Waals surface area contributed by atoms with E-state index in [1.165, 1.54) is 11.3 Å². The first-order valence-electron chi connectivity index (χ1n) is 10.7. The molecular formula is C23H29N7O2S. The van der Waals surface area contributed by atoms with Gasteiger partial charge < -0.3 is 20.4 Å². The number of rotatable bonds is 10. The number of carbonyl (C=O) groups is 2. The fraction of sp³-hybridized carbons (Fsp3) is 0.304. The van der Waals surface area contributed by atoms with Crippen LogP contribution in [0.1, 0.15) is 23.0 Å². The van der Waals surface area contributed by atoms with Gasteiger partial charge in [-0.2, -0.15) is 0 Å². The van der Waals surface area contributed by atoms with Crippen molar-refractivity contribution in [2.24, 2.45) is 0 Å². The van der Waals surface area contributed by atoms with Crippen molar-refractivity contribution in [1.82, 2.24) is 19.8 Å². The molecule has 0 saturated heterocycles. The minimum Gasteiger partial charge on any atom is -0.384 e. The van der Waals surface area contributed by atoms with Crippen LogP contribution in [0.4, 0.5) is 21.3 Å². The largest absolute Gasteiger partial charge is 0.384 e. The normalized spacial score (nSPS) is 10.7. The average Bonchev–Trinajstić information content (AvgIpc) is 3.31. The number of hydrogen-bond donors (Lipinski definition) is 3. The first-order chi connectivity index (χ1) is 16.0. The van der Waals surface area contributed by atoms with Crippen LogP contribution in [0.3, 0.4) is 0 Å². The third-order valence-electron chi connectivity index (χ3n) is 4.72. The van der Waals surface area contributed by atoms with E-state index in [4.69, 9.17) is 0 Å². The lowest BCUT2D eigenvalue weighted by atomic mass is 10.2. The molecule has 0 aliphatic heterocycles. The second-order valence-corrected chi connectivity index (χ2v) is 8.47. The van der Waals surface area contributed by atoms with Gasteiger partial charge in [0, 0.05) is 44.0 Å². The van der Waals surface area contributed by atoms with Crippen molar-refractivity contribution in [1.29, 1.82) is 0 Å². The lowest BCUT2D eigenvalue weighted by molar-refractivity contribution is 0.102. The van der Waals surface area contributed by atoms with E-state index in [2.05, 4.69) is 25.9 Å². The van der Waals surface area contributed by atoms with Gasteiger partial charge in [0.25, 0.3) is 5.91 Å². The molecule has 2 heterocycles. The van der Waals surface area contributed by atoms with Crippen molar-refractivity contribution >= 4 is 39.8 Å². The molecule has 0 aliphatic carbocycles.